The van der Waals surface area contributed by atoms with E-state index < -0.39 is 22.7 Å². The van der Waals surface area contributed by atoms with Gasteiger partial charge in [-0.05, 0) is 56.4 Å². The number of rotatable bonds is 9. The first-order chi connectivity index (χ1) is 17.1. The lowest BCUT2D eigenvalue weighted by Gasteiger charge is -2.57. The summed E-state index contributed by atoms with van der Waals surface area (Å²) >= 11 is 11.3. The first-order valence-electron chi connectivity index (χ1n) is 11.5. The van der Waals surface area contributed by atoms with Gasteiger partial charge in [-0.25, -0.2) is 8.78 Å². The van der Waals surface area contributed by atoms with E-state index in [1.165, 1.54) is 24.3 Å². The quantitative estimate of drug-likeness (QED) is 0.444. The van der Waals surface area contributed by atoms with E-state index in [0.29, 0.717) is 32.1 Å². The van der Waals surface area contributed by atoms with E-state index in [1.807, 2.05) is 0 Å². The number of hydrogen-bond acceptors (Lipinski definition) is 5. The Morgan fingerprint density at radius 2 is 1.39 bits per heavy atom. The number of aliphatic hydroxyl groups is 1. The van der Waals surface area contributed by atoms with Crippen molar-refractivity contribution in [2.75, 3.05) is 19.8 Å². The van der Waals surface area contributed by atoms with Crippen LogP contribution in [0.4, 0.5) is 8.78 Å². The number of halogens is 4. The highest BCUT2D eigenvalue weighted by molar-refractivity contribution is 6.31. The molecule has 0 aliphatic heterocycles. The number of nitrogens with one attached hydrogen (secondary N) is 2. The van der Waals surface area contributed by atoms with Crippen molar-refractivity contribution in [2.45, 2.75) is 43.2 Å². The van der Waals surface area contributed by atoms with Gasteiger partial charge in [-0.3, -0.25) is 9.59 Å². The smallest absolute Gasteiger partial charge is 0.258 e. The lowest BCUT2D eigenvalue weighted by molar-refractivity contribution is -0.134. The summed E-state index contributed by atoms with van der Waals surface area (Å²) in [5, 5.41) is 16.1. The number of benzene rings is 2. The van der Waals surface area contributed by atoms with E-state index in [-0.39, 0.29) is 59.1 Å². The molecule has 3 fully saturated rings. The van der Waals surface area contributed by atoms with Crippen molar-refractivity contribution >= 4 is 35.0 Å². The fourth-order valence-corrected chi connectivity index (χ4v) is 5.41. The molecule has 3 saturated carbocycles. The largest absolute Gasteiger partial charge is 0.484 e. The molecule has 11 heteroatoms. The molecule has 36 heavy (non-hydrogen) atoms. The van der Waals surface area contributed by atoms with Gasteiger partial charge in [-0.2, -0.15) is 0 Å². The molecule has 7 nitrogen and oxygen atoms in total. The van der Waals surface area contributed by atoms with Crippen LogP contribution in [-0.4, -0.2) is 47.8 Å². The van der Waals surface area contributed by atoms with Crippen LogP contribution >= 0.6 is 23.2 Å². The van der Waals surface area contributed by atoms with Crippen LogP contribution in [0.1, 0.15) is 32.1 Å². The molecule has 0 saturated heterocycles. The number of ether oxygens (including phenoxy) is 2. The second-order valence-corrected chi connectivity index (χ2v) is 10.2. The molecule has 0 aromatic heterocycles. The molecule has 3 aliphatic rings. The SMILES string of the molecule is O=C(COc1ccc(Cl)c(F)c1)NC12CCC(NC(=O)COc3ccc(Cl)c(F)c3)(CC1)C(CO)C2. The molecule has 2 amide bonds. The van der Waals surface area contributed by atoms with Crippen molar-refractivity contribution in [2.24, 2.45) is 5.92 Å². The summed E-state index contributed by atoms with van der Waals surface area (Å²) in [6, 6.07) is 7.86. The van der Waals surface area contributed by atoms with Gasteiger partial charge < -0.3 is 25.2 Å². The van der Waals surface area contributed by atoms with E-state index in [0.717, 1.165) is 12.1 Å². The standard InChI is InChI=1S/C25H26Cl2F2N2O5/c26-18-3-1-16(9-20(18)28)35-13-22(33)30-24-5-7-25(8-6-24,15(11-24)12-32)31-23(34)14-36-17-2-4-19(27)21(29)10-17/h1-4,9-10,15,32H,5-8,11-14H2,(H,30,33)(H,31,34). The lowest BCUT2D eigenvalue weighted by Crippen LogP contribution is -2.69. The topological polar surface area (TPSA) is 96.9 Å². The number of hydrogen-bond donors (Lipinski definition) is 3. The van der Waals surface area contributed by atoms with E-state index >= 15 is 0 Å². The molecule has 2 aromatic rings. The number of carbonyl (C=O) groups is 2. The van der Waals surface area contributed by atoms with Crippen LogP contribution in [-0.2, 0) is 9.59 Å². The molecule has 3 N–H and O–H groups in total. The highest BCUT2D eigenvalue weighted by Crippen LogP contribution is 2.50. The number of amides is 2. The maximum atomic E-state index is 13.6. The molecule has 0 heterocycles. The Labute approximate surface area is 217 Å². The fourth-order valence-electron chi connectivity index (χ4n) is 5.17. The predicted octanol–water partition coefficient (Wildman–Crippen LogP) is 4.03. The molecule has 2 aromatic carbocycles. The van der Waals surface area contributed by atoms with Crippen LogP contribution in [0.15, 0.2) is 36.4 Å². The van der Waals surface area contributed by atoms with Gasteiger partial charge in [0.05, 0.1) is 10.0 Å². The second-order valence-electron chi connectivity index (χ2n) is 9.35. The molecular formula is C25H26Cl2F2N2O5. The van der Waals surface area contributed by atoms with Gasteiger partial charge >= 0.3 is 0 Å². The van der Waals surface area contributed by atoms with Crippen molar-refractivity contribution in [3.05, 3.63) is 58.1 Å². The maximum absolute atomic E-state index is 13.6. The Morgan fingerprint density at radius 3 is 1.86 bits per heavy atom. The summed E-state index contributed by atoms with van der Waals surface area (Å²) in [6.07, 6.45) is 2.81. The minimum atomic E-state index is -0.641. The highest BCUT2D eigenvalue weighted by atomic mass is 35.5. The van der Waals surface area contributed by atoms with E-state index in [9.17, 15) is 23.5 Å². The summed E-state index contributed by atoms with van der Waals surface area (Å²) in [5.74, 6) is -1.92. The van der Waals surface area contributed by atoms with Crippen LogP contribution < -0.4 is 20.1 Å². The minimum Gasteiger partial charge on any atom is -0.484 e. The van der Waals surface area contributed by atoms with Crippen molar-refractivity contribution in [1.29, 1.82) is 0 Å². The molecule has 194 valence electrons. The highest BCUT2D eigenvalue weighted by Gasteiger charge is 2.55. The van der Waals surface area contributed by atoms with Crippen LogP contribution in [0.2, 0.25) is 10.0 Å². The zero-order valence-electron chi connectivity index (χ0n) is 19.3. The van der Waals surface area contributed by atoms with E-state index in [1.54, 1.807) is 0 Å². The van der Waals surface area contributed by atoms with Gasteiger partial charge in [0.15, 0.2) is 13.2 Å². The monoisotopic (exact) mass is 542 g/mol. The zero-order valence-corrected chi connectivity index (χ0v) is 20.8. The molecule has 5 rings (SSSR count). The maximum Gasteiger partial charge on any atom is 0.258 e. The summed E-state index contributed by atoms with van der Waals surface area (Å²) < 4.78 is 37.9. The van der Waals surface area contributed by atoms with Gasteiger partial charge in [0.25, 0.3) is 11.8 Å². The van der Waals surface area contributed by atoms with Crippen LogP contribution in [0.5, 0.6) is 11.5 Å². The third kappa shape index (κ3) is 5.85. The average molecular weight is 543 g/mol. The third-order valence-corrected chi connectivity index (χ3v) is 7.67. The summed E-state index contributed by atoms with van der Waals surface area (Å²) in [6.45, 7) is -0.774. The first kappa shape index (κ1) is 26.4. The summed E-state index contributed by atoms with van der Waals surface area (Å²) in [5.41, 5.74) is -1.15. The van der Waals surface area contributed by atoms with Crippen LogP contribution in [0, 0.1) is 17.6 Å². The van der Waals surface area contributed by atoms with E-state index in [4.69, 9.17) is 32.7 Å². The third-order valence-electron chi connectivity index (χ3n) is 7.05. The number of carbonyl (C=O) groups excluding carboxylic acids is 2. The number of aliphatic hydroxyl groups excluding tert-OH is 1. The van der Waals surface area contributed by atoms with Crippen molar-refractivity contribution in [3.63, 3.8) is 0 Å². The lowest BCUT2D eigenvalue weighted by atomic mass is 9.56. The van der Waals surface area contributed by atoms with Crippen molar-refractivity contribution < 1.29 is 33.0 Å². The summed E-state index contributed by atoms with van der Waals surface area (Å²) in [4.78, 5) is 25.2. The predicted molar refractivity (Wildman–Crippen MR) is 129 cm³/mol. The van der Waals surface area contributed by atoms with Gasteiger partial charge in [-0.1, -0.05) is 23.2 Å². The molecule has 0 spiro atoms. The van der Waals surface area contributed by atoms with Gasteiger partial charge in [-0.15, -0.1) is 0 Å². The van der Waals surface area contributed by atoms with Gasteiger partial charge in [0, 0.05) is 35.7 Å². The van der Waals surface area contributed by atoms with Crippen LogP contribution in [0.25, 0.3) is 0 Å². The normalized spacial score (nSPS) is 24.8. The zero-order chi connectivity index (χ0) is 25.9. The average Bonchev–Trinajstić information content (AvgIpc) is 2.86. The second kappa shape index (κ2) is 10.8. The number of fused-ring (bicyclic) bond motifs is 3. The molecule has 3 aliphatic carbocycles. The van der Waals surface area contributed by atoms with Crippen molar-refractivity contribution in [3.8, 4) is 11.5 Å². The minimum absolute atomic E-state index is 0.0360. The Morgan fingerprint density at radius 1 is 0.889 bits per heavy atom. The summed E-state index contributed by atoms with van der Waals surface area (Å²) in [7, 11) is 0. The Balaban J connectivity index is 1.31. The van der Waals surface area contributed by atoms with Gasteiger partial charge in [0.2, 0.25) is 0 Å². The van der Waals surface area contributed by atoms with Gasteiger partial charge in [0.1, 0.15) is 23.1 Å². The molecule has 1 unspecified atom stereocenters. The molecule has 1 atom stereocenters. The Bertz CT molecular complexity index is 1140. The fraction of sp³-hybridized carbons (Fsp3) is 0.440. The first-order valence-corrected chi connectivity index (χ1v) is 12.3. The molecular weight excluding hydrogens is 517 g/mol. The Kier molecular flexibility index (Phi) is 7.92. The Hall–Kier alpha value is -2.62. The molecule has 2 bridgehead atoms. The van der Waals surface area contributed by atoms with E-state index in [2.05, 4.69) is 10.6 Å². The molecule has 0 radical (unpaired) electrons. The van der Waals surface area contributed by atoms with Crippen LogP contribution in [0.3, 0.4) is 0 Å². The van der Waals surface area contributed by atoms with Crippen molar-refractivity contribution in [1.82, 2.24) is 10.6 Å².